The molecule has 0 spiro atoms. The van der Waals surface area contributed by atoms with E-state index in [1.807, 2.05) is 37.3 Å². The van der Waals surface area contributed by atoms with Gasteiger partial charge in [-0.3, -0.25) is 9.78 Å². The molecule has 1 saturated heterocycles. The number of pyridine rings is 1. The van der Waals surface area contributed by atoms with E-state index < -0.39 is 0 Å². The van der Waals surface area contributed by atoms with Crippen molar-refractivity contribution in [3.63, 3.8) is 0 Å². The van der Waals surface area contributed by atoms with Crippen molar-refractivity contribution < 1.29 is 13.6 Å². The van der Waals surface area contributed by atoms with Gasteiger partial charge in [-0.25, -0.2) is 14.4 Å². The van der Waals surface area contributed by atoms with E-state index in [0.29, 0.717) is 42.0 Å². The predicted molar refractivity (Wildman–Crippen MR) is 141 cm³/mol. The average Bonchev–Trinajstić information content (AvgIpc) is 3.41. The predicted octanol–water partition coefficient (Wildman–Crippen LogP) is 4.46. The normalized spacial score (nSPS) is 13.6. The zero-order valence-electron chi connectivity index (χ0n) is 20.4. The fourth-order valence-corrected chi connectivity index (χ4v) is 4.91. The van der Waals surface area contributed by atoms with Crippen LogP contribution in [0.1, 0.15) is 27.6 Å². The summed E-state index contributed by atoms with van der Waals surface area (Å²) in [6.45, 7) is 5.23. The highest BCUT2D eigenvalue weighted by Crippen LogP contribution is 2.26. The van der Waals surface area contributed by atoms with Crippen LogP contribution in [-0.2, 0) is 12.3 Å². The maximum atomic E-state index is 14.2. The maximum absolute atomic E-state index is 14.2. The summed E-state index contributed by atoms with van der Waals surface area (Å²) in [4.78, 5) is 30.0. The molecule has 0 bridgehead atoms. The van der Waals surface area contributed by atoms with E-state index in [2.05, 4.69) is 25.1 Å². The van der Waals surface area contributed by atoms with Gasteiger partial charge in [-0.2, -0.15) is 0 Å². The summed E-state index contributed by atoms with van der Waals surface area (Å²) in [7, 11) is 0. The number of anilines is 2. The third-order valence-electron chi connectivity index (χ3n) is 6.02. The van der Waals surface area contributed by atoms with E-state index in [4.69, 9.17) is 9.40 Å². The lowest BCUT2D eigenvalue weighted by atomic mass is 10.2. The first-order valence-corrected chi connectivity index (χ1v) is 13.0. The minimum atomic E-state index is -0.274. The van der Waals surface area contributed by atoms with Crippen LogP contribution in [0.25, 0.3) is 0 Å². The molecular formula is C27H27FN6O2S. The fraction of sp³-hybridized carbons (Fsp3) is 0.259. The van der Waals surface area contributed by atoms with Gasteiger partial charge in [0.2, 0.25) is 0 Å². The van der Waals surface area contributed by atoms with Gasteiger partial charge in [0.1, 0.15) is 17.4 Å². The molecule has 1 fully saturated rings. The number of carbonyl (C=O) groups is 1. The number of benzene rings is 1. The van der Waals surface area contributed by atoms with E-state index in [1.54, 1.807) is 30.6 Å². The molecule has 0 atom stereocenters. The van der Waals surface area contributed by atoms with Gasteiger partial charge >= 0.3 is 0 Å². The summed E-state index contributed by atoms with van der Waals surface area (Å²) < 4.78 is 19.9. The third-order valence-corrected chi connectivity index (χ3v) is 6.89. The Balaban J connectivity index is 1.16. The molecule has 1 aliphatic heterocycles. The van der Waals surface area contributed by atoms with E-state index in [1.165, 1.54) is 17.8 Å². The van der Waals surface area contributed by atoms with E-state index in [-0.39, 0.29) is 17.5 Å². The summed E-state index contributed by atoms with van der Waals surface area (Å²) >= 11 is 1.46. The number of aromatic nitrogens is 3. The standard InChI is InChI=1S/C27H27FN6O2S/c1-19-15-25(34-13-11-33(12-14-34)23-7-3-2-6-22(23)28)32-27(31-19)37-18-21-8-9-24(36-21)26(35)30-17-20-5-4-10-29-16-20/h2-10,15-16H,11-14,17-18H2,1H3,(H,30,35). The Hall–Kier alpha value is -3.92. The average molecular weight is 519 g/mol. The molecule has 1 aromatic carbocycles. The van der Waals surface area contributed by atoms with Crippen LogP contribution in [0, 0.1) is 12.7 Å². The second-order valence-electron chi connectivity index (χ2n) is 8.67. The fourth-order valence-electron chi connectivity index (χ4n) is 4.12. The number of halogens is 1. The molecule has 190 valence electrons. The minimum absolute atomic E-state index is 0.195. The van der Waals surface area contributed by atoms with Crippen LogP contribution in [0.4, 0.5) is 15.9 Å². The number of para-hydroxylation sites is 1. The van der Waals surface area contributed by atoms with Gasteiger partial charge in [0, 0.05) is 56.9 Å². The van der Waals surface area contributed by atoms with Crippen molar-refractivity contribution in [3.8, 4) is 0 Å². The molecule has 10 heteroatoms. The number of rotatable bonds is 8. The maximum Gasteiger partial charge on any atom is 0.287 e. The molecule has 0 unspecified atom stereocenters. The Labute approximate surface area is 218 Å². The van der Waals surface area contributed by atoms with Crippen molar-refractivity contribution >= 4 is 29.2 Å². The molecule has 4 aromatic rings. The molecule has 4 heterocycles. The van der Waals surface area contributed by atoms with Crippen molar-refractivity contribution in [2.75, 3.05) is 36.0 Å². The van der Waals surface area contributed by atoms with Crippen LogP contribution >= 0.6 is 11.8 Å². The summed E-state index contributed by atoms with van der Waals surface area (Å²) in [6.07, 6.45) is 3.40. The number of furan rings is 1. The topological polar surface area (TPSA) is 87.4 Å². The number of nitrogens with one attached hydrogen (secondary N) is 1. The molecule has 1 N–H and O–H groups in total. The van der Waals surface area contributed by atoms with Crippen LogP contribution in [0.5, 0.6) is 0 Å². The van der Waals surface area contributed by atoms with Gasteiger partial charge in [0.15, 0.2) is 10.9 Å². The zero-order valence-corrected chi connectivity index (χ0v) is 21.2. The van der Waals surface area contributed by atoms with Crippen LogP contribution in [-0.4, -0.2) is 47.0 Å². The van der Waals surface area contributed by atoms with Gasteiger partial charge in [0.05, 0.1) is 11.4 Å². The van der Waals surface area contributed by atoms with Crippen molar-refractivity contribution in [2.24, 2.45) is 0 Å². The molecule has 8 nitrogen and oxygen atoms in total. The molecule has 3 aromatic heterocycles. The summed E-state index contributed by atoms with van der Waals surface area (Å²) in [5.41, 5.74) is 2.43. The van der Waals surface area contributed by atoms with Gasteiger partial charge < -0.3 is 19.5 Å². The van der Waals surface area contributed by atoms with E-state index >= 15 is 0 Å². The summed E-state index contributed by atoms with van der Waals surface area (Å²) in [5.74, 6) is 1.82. The quantitative estimate of drug-likeness (QED) is 0.270. The van der Waals surface area contributed by atoms with E-state index in [0.717, 1.165) is 30.2 Å². The first-order chi connectivity index (χ1) is 18.0. The number of thioether (sulfide) groups is 1. The van der Waals surface area contributed by atoms with Gasteiger partial charge in [-0.05, 0) is 42.8 Å². The Morgan fingerprint density at radius 2 is 1.86 bits per heavy atom. The number of aryl methyl sites for hydroxylation is 1. The third kappa shape index (κ3) is 6.26. The summed E-state index contributed by atoms with van der Waals surface area (Å²) in [6, 6.07) is 16.1. The molecule has 1 aliphatic rings. The van der Waals surface area contributed by atoms with Crippen LogP contribution in [0.3, 0.4) is 0 Å². The molecular weight excluding hydrogens is 491 g/mol. The molecule has 0 radical (unpaired) electrons. The first kappa shape index (κ1) is 24.8. The highest BCUT2D eigenvalue weighted by molar-refractivity contribution is 7.98. The largest absolute Gasteiger partial charge is 0.455 e. The second-order valence-corrected chi connectivity index (χ2v) is 9.62. The van der Waals surface area contributed by atoms with Crippen molar-refractivity contribution in [2.45, 2.75) is 24.4 Å². The van der Waals surface area contributed by atoms with Crippen molar-refractivity contribution in [3.05, 3.63) is 95.6 Å². The monoisotopic (exact) mass is 518 g/mol. The van der Waals surface area contributed by atoms with E-state index in [9.17, 15) is 9.18 Å². The van der Waals surface area contributed by atoms with Crippen LogP contribution in [0.15, 0.2) is 76.6 Å². The smallest absolute Gasteiger partial charge is 0.287 e. The highest BCUT2D eigenvalue weighted by atomic mass is 32.2. The number of piperazine rings is 1. The van der Waals surface area contributed by atoms with Crippen molar-refractivity contribution in [1.29, 1.82) is 0 Å². The van der Waals surface area contributed by atoms with Gasteiger partial charge in [0.25, 0.3) is 5.91 Å². The Bertz CT molecular complexity index is 1360. The lowest BCUT2D eigenvalue weighted by Gasteiger charge is -2.37. The first-order valence-electron chi connectivity index (χ1n) is 12.0. The second kappa shape index (κ2) is 11.4. The van der Waals surface area contributed by atoms with Crippen LogP contribution in [0.2, 0.25) is 0 Å². The lowest BCUT2D eigenvalue weighted by Crippen LogP contribution is -2.47. The van der Waals surface area contributed by atoms with Gasteiger partial charge in [-0.15, -0.1) is 0 Å². The Morgan fingerprint density at radius 1 is 1.05 bits per heavy atom. The molecule has 37 heavy (non-hydrogen) atoms. The Morgan fingerprint density at radius 3 is 2.65 bits per heavy atom. The SMILES string of the molecule is Cc1cc(N2CCN(c3ccccc3F)CC2)nc(SCc2ccc(C(=O)NCc3cccnc3)o2)n1. The number of nitrogens with zero attached hydrogens (tertiary/aromatic N) is 5. The summed E-state index contributed by atoms with van der Waals surface area (Å²) in [5, 5.41) is 3.48. The number of hydrogen-bond donors (Lipinski definition) is 1. The molecule has 1 amide bonds. The van der Waals surface area contributed by atoms with Crippen LogP contribution < -0.4 is 15.1 Å². The Kier molecular flexibility index (Phi) is 7.65. The molecule has 0 aliphatic carbocycles. The molecule has 0 saturated carbocycles. The highest BCUT2D eigenvalue weighted by Gasteiger charge is 2.21. The number of amides is 1. The zero-order chi connectivity index (χ0) is 25.6. The molecule has 5 rings (SSSR count). The van der Waals surface area contributed by atoms with Gasteiger partial charge in [-0.1, -0.05) is 30.0 Å². The minimum Gasteiger partial charge on any atom is -0.455 e. The number of hydrogen-bond acceptors (Lipinski definition) is 8. The lowest BCUT2D eigenvalue weighted by molar-refractivity contribution is 0.0921. The van der Waals surface area contributed by atoms with Crippen molar-refractivity contribution in [1.82, 2.24) is 20.3 Å². The number of carbonyl (C=O) groups excluding carboxylic acids is 1.